The summed E-state index contributed by atoms with van der Waals surface area (Å²) in [5.41, 5.74) is 2.56. The van der Waals surface area contributed by atoms with Crippen molar-refractivity contribution in [2.24, 2.45) is 0 Å². The van der Waals surface area contributed by atoms with Gasteiger partial charge in [-0.1, -0.05) is 23.8 Å². The minimum atomic E-state index is -0.870. The molecule has 0 unspecified atom stereocenters. The molecule has 0 heterocycles. The second-order valence-electron chi connectivity index (χ2n) is 3.72. The molecule has 0 fully saturated rings. The third kappa shape index (κ3) is 3.54. The standard InChI is InChI=1S/C12H14O3/c1-8-3-4-10(6-9(2)13)11(5-8)7-12(14)15/h3-5H,6-7H2,1-2H3,(H,14,15). The maximum Gasteiger partial charge on any atom is 0.307 e. The van der Waals surface area contributed by atoms with Crippen LogP contribution in [0.3, 0.4) is 0 Å². The maximum atomic E-state index is 11.0. The molecule has 0 aliphatic carbocycles. The van der Waals surface area contributed by atoms with Gasteiger partial charge in [-0.25, -0.2) is 0 Å². The summed E-state index contributed by atoms with van der Waals surface area (Å²) < 4.78 is 0. The highest BCUT2D eigenvalue weighted by Gasteiger charge is 2.08. The first kappa shape index (κ1) is 11.4. The number of aryl methyl sites for hydroxylation is 1. The van der Waals surface area contributed by atoms with Gasteiger partial charge in [0.15, 0.2) is 0 Å². The van der Waals surface area contributed by atoms with E-state index in [0.29, 0.717) is 6.42 Å². The maximum absolute atomic E-state index is 11.0. The molecule has 1 aromatic carbocycles. The number of Topliss-reactive ketones (excluding diaryl/α,β-unsaturated/α-hetero) is 1. The molecular weight excluding hydrogens is 192 g/mol. The fourth-order valence-electron chi connectivity index (χ4n) is 1.52. The highest BCUT2D eigenvalue weighted by atomic mass is 16.4. The number of hydrogen-bond acceptors (Lipinski definition) is 2. The van der Waals surface area contributed by atoms with E-state index < -0.39 is 5.97 Å². The van der Waals surface area contributed by atoms with Crippen molar-refractivity contribution >= 4 is 11.8 Å². The summed E-state index contributed by atoms with van der Waals surface area (Å²) in [5.74, 6) is -0.823. The molecule has 3 heteroatoms. The SMILES string of the molecule is CC(=O)Cc1ccc(C)cc1CC(=O)O. The van der Waals surface area contributed by atoms with Gasteiger partial charge in [0, 0.05) is 6.42 Å². The van der Waals surface area contributed by atoms with Gasteiger partial charge in [0.2, 0.25) is 0 Å². The zero-order chi connectivity index (χ0) is 11.4. The molecule has 1 rings (SSSR count). The Balaban J connectivity index is 3.02. The lowest BCUT2D eigenvalue weighted by molar-refractivity contribution is -0.136. The van der Waals surface area contributed by atoms with Gasteiger partial charge in [-0.15, -0.1) is 0 Å². The van der Waals surface area contributed by atoms with Crippen LogP contribution in [-0.2, 0) is 22.4 Å². The third-order valence-electron chi connectivity index (χ3n) is 2.14. The first-order valence-corrected chi connectivity index (χ1v) is 4.78. The van der Waals surface area contributed by atoms with E-state index in [-0.39, 0.29) is 12.2 Å². The van der Waals surface area contributed by atoms with Crippen LogP contribution in [0.15, 0.2) is 18.2 Å². The van der Waals surface area contributed by atoms with Crippen LogP contribution in [-0.4, -0.2) is 16.9 Å². The number of rotatable bonds is 4. The molecule has 0 bridgehead atoms. The summed E-state index contributed by atoms with van der Waals surface area (Å²) in [7, 11) is 0. The van der Waals surface area contributed by atoms with Gasteiger partial charge in [0.05, 0.1) is 6.42 Å². The lowest BCUT2D eigenvalue weighted by Crippen LogP contribution is -2.06. The number of carbonyl (C=O) groups is 2. The Morgan fingerprint density at radius 1 is 1.20 bits per heavy atom. The second-order valence-corrected chi connectivity index (χ2v) is 3.72. The average molecular weight is 206 g/mol. The molecule has 1 N–H and O–H groups in total. The van der Waals surface area contributed by atoms with Crippen molar-refractivity contribution in [2.75, 3.05) is 0 Å². The topological polar surface area (TPSA) is 54.4 Å². The Bertz CT molecular complexity index is 394. The van der Waals surface area contributed by atoms with Crippen LogP contribution in [0, 0.1) is 6.92 Å². The van der Waals surface area contributed by atoms with Crippen LogP contribution in [0.25, 0.3) is 0 Å². The second kappa shape index (κ2) is 4.73. The summed E-state index contributed by atoms with van der Waals surface area (Å²) in [5, 5.41) is 8.73. The first-order chi connectivity index (χ1) is 6.99. The number of hydrogen-bond donors (Lipinski definition) is 1. The predicted octanol–water partition coefficient (Wildman–Crippen LogP) is 1.75. The Labute approximate surface area is 88.7 Å². The van der Waals surface area contributed by atoms with Crippen molar-refractivity contribution in [3.8, 4) is 0 Å². The van der Waals surface area contributed by atoms with Gasteiger partial charge >= 0.3 is 5.97 Å². The van der Waals surface area contributed by atoms with Crippen molar-refractivity contribution in [1.82, 2.24) is 0 Å². The van der Waals surface area contributed by atoms with E-state index >= 15 is 0 Å². The Hall–Kier alpha value is -1.64. The van der Waals surface area contributed by atoms with E-state index in [4.69, 9.17) is 5.11 Å². The molecule has 0 atom stereocenters. The van der Waals surface area contributed by atoms with Crippen molar-refractivity contribution in [3.63, 3.8) is 0 Å². The quantitative estimate of drug-likeness (QED) is 0.816. The number of carbonyl (C=O) groups excluding carboxylic acids is 1. The summed E-state index contributed by atoms with van der Waals surface area (Å²) in [6, 6.07) is 5.55. The van der Waals surface area contributed by atoms with Crippen LogP contribution in [0.1, 0.15) is 23.6 Å². The van der Waals surface area contributed by atoms with Gasteiger partial charge in [-0.05, 0) is 25.0 Å². The van der Waals surface area contributed by atoms with Crippen LogP contribution in [0.2, 0.25) is 0 Å². The van der Waals surface area contributed by atoms with Gasteiger partial charge in [-0.3, -0.25) is 9.59 Å². The number of ketones is 1. The molecule has 0 saturated carbocycles. The number of carboxylic acids is 1. The third-order valence-corrected chi connectivity index (χ3v) is 2.14. The van der Waals surface area contributed by atoms with Crippen LogP contribution < -0.4 is 0 Å². The lowest BCUT2D eigenvalue weighted by Gasteiger charge is -2.07. The van der Waals surface area contributed by atoms with Gasteiger partial charge in [-0.2, -0.15) is 0 Å². The fourth-order valence-corrected chi connectivity index (χ4v) is 1.52. The summed E-state index contributed by atoms with van der Waals surface area (Å²) in [6.07, 6.45) is 0.285. The van der Waals surface area contributed by atoms with E-state index in [1.165, 1.54) is 6.92 Å². The molecule has 0 amide bonds. The van der Waals surface area contributed by atoms with Gasteiger partial charge in [0.25, 0.3) is 0 Å². The molecule has 0 radical (unpaired) electrons. The largest absolute Gasteiger partial charge is 0.481 e. The Kier molecular flexibility index (Phi) is 3.61. The fraction of sp³-hybridized carbons (Fsp3) is 0.333. The van der Waals surface area contributed by atoms with Crippen LogP contribution in [0.4, 0.5) is 0 Å². The average Bonchev–Trinajstić information content (AvgIpc) is 2.08. The molecular formula is C12H14O3. The lowest BCUT2D eigenvalue weighted by atomic mass is 9.98. The zero-order valence-electron chi connectivity index (χ0n) is 8.91. The van der Waals surface area contributed by atoms with Gasteiger partial charge < -0.3 is 5.11 Å². The summed E-state index contributed by atoms with van der Waals surface area (Å²) in [4.78, 5) is 21.6. The molecule has 15 heavy (non-hydrogen) atoms. The minimum Gasteiger partial charge on any atom is -0.481 e. The zero-order valence-corrected chi connectivity index (χ0v) is 8.91. The van der Waals surface area contributed by atoms with Crippen molar-refractivity contribution in [3.05, 3.63) is 34.9 Å². The normalized spacial score (nSPS) is 10.0. The molecule has 80 valence electrons. The number of benzene rings is 1. The first-order valence-electron chi connectivity index (χ1n) is 4.78. The van der Waals surface area contributed by atoms with E-state index in [1.54, 1.807) is 0 Å². The summed E-state index contributed by atoms with van der Waals surface area (Å²) >= 11 is 0. The highest BCUT2D eigenvalue weighted by molar-refractivity contribution is 5.79. The molecule has 3 nitrogen and oxygen atoms in total. The van der Waals surface area contributed by atoms with Crippen molar-refractivity contribution < 1.29 is 14.7 Å². The number of carboxylic acid groups (broad SMARTS) is 1. The molecule has 0 saturated heterocycles. The minimum absolute atomic E-state index is 0.0235. The molecule has 0 aliphatic heterocycles. The molecule has 0 aromatic heterocycles. The summed E-state index contributed by atoms with van der Waals surface area (Å²) in [6.45, 7) is 3.41. The van der Waals surface area contributed by atoms with Gasteiger partial charge in [0.1, 0.15) is 5.78 Å². The van der Waals surface area contributed by atoms with E-state index in [2.05, 4.69) is 0 Å². The Morgan fingerprint density at radius 2 is 1.87 bits per heavy atom. The van der Waals surface area contributed by atoms with Crippen molar-refractivity contribution in [1.29, 1.82) is 0 Å². The van der Waals surface area contributed by atoms with E-state index in [1.807, 2.05) is 25.1 Å². The van der Waals surface area contributed by atoms with Crippen LogP contribution >= 0.6 is 0 Å². The number of aliphatic carboxylic acids is 1. The van der Waals surface area contributed by atoms with E-state index in [9.17, 15) is 9.59 Å². The highest BCUT2D eigenvalue weighted by Crippen LogP contribution is 2.13. The van der Waals surface area contributed by atoms with E-state index in [0.717, 1.165) is 16.7 Å². The molecule has 0 spiro atoms. The Morgan fingerprint density at radius 3 is 2.40 bits per heavy atom. The molecule has 0 aliphatic rings. The van der Waals surface area contributed by atoms with Crippen molar-refractivity contribution in [2.45, 2.75) is 26.7 Å². The predicted molar refractivity (Wildman–Crippen MR) is 56.9 cm³/mol. The monoisotopic (exact) mass is 206 g/mol. The van der Waals surface area contributed by atoms with Crippen LogP contribution in [0.5, 0.6) is 0 Å². The molecule has 1 aromatic rings. The smallest absolute Gasteiger partial charge is 0.307 e.